The molecule has 2 aliphatic heterocycles. The van der Waals surface area contributed by atoms with Gasteiger partial charge in [0.05, 0.1) is 10.5 Å². The van der Waals surface area contributed by atoms with Gasteiger partial charge in [-0.15, -0.1) is 0 Å². The summed E-state index contributed by atoms with van der Waals surface area (Å²) in [5, 5.41) is 0. The molecule has 0 aliphatic carbocycles. The van der Waals surface area contributed by atoms with Crippen LogP contribution in [-0.4, -0.2) is 51.7 Å². The Balaban J connectivity index is 1.72. The molecule has 2 aliphatic rings. The molecule has 1 unspecified atom stereocenters. The standard InChI is InChI=1S/C18H27NO4S/c1-15-5-3-4-6-17(15)24(20,21)19-11-9-18(10-12-19)16(7-13-22-2)8-14-23-18/h3-6,16H,7-14H2,1-2H3. The third kappa shape index (κ3) is 3.25. The molecule has 0 N–H and O–H groups in total. The highest BCUT2D eigenvalue weighted by atomic mass is 32.2. The average Bonchev–Trinajstić information content (AvgIpc) is 2.95. The van der Waals surface area contributed by atoms with Gasteiger partial charge < -0.3 is 9.47 Å². The summed E-state index contributed by atoms with van der Waals surface area (Å²) in [6, 6.07) is 7.19. The summed E-state index contributed by atoms with van der Waals surface area (Å²) >= 11 is 0. The maximum absolute atomic E-state index is 12.9. The molecule has 2 fully saturated rings. The first-order valence-corrected chi connectivity index (χ1v) is 10.1. The minimum atomic E-state index is -3.42. The smallest absolute Gasteiger partial charge is 0.243 e. The molecule has 2 saturated heterocycles. The Bertz CT molecular complexity index is 665. The van der Waals surface area contributed by atoms with Crippen molar-refractivity contribution in [3.63, 3.8) is 0 Å². The second-order valence-electron chi connectivity index (χ2n) is 6.85. The highest BCUT2D eigenvalue weighted by molar-refractivity contribution is 7.89. The molecule has 1 atom stereocenters. The first-order valence-electron chi connectivity index (χ1n) is 8.68. The number of sulfonamides is 1. The zero-order valence-corrected chi connectivity index (χ0v) is 15.3. The molecule has 24 heavy (non-hydrogen) atoms. The third-order valence-electron chi connectivity index (χ3n) is 5.55. The Hall–Kier alpha value is -0.950. The Labute approximate surface area is 145 Å². The summed E-state index contributed by atoms with van der Waals surface area (Å²) in [7, 11) is -1.70. The van der Waals surface area contributed by atoms with Gasteiger partial charge in [0.15, 0.2) is 0 Å². The van der Waals surface area contributed by atoms with Gasteiger partial charge in [-0.25, -0.2) is 8.42 Å². The molecule has 0 amide bonds. The van der Waals surface area contributed by atoms with Crippen LogP contribution in [0, 0.1) is 12.8 Å². The van der Waals surface area contributed by atoms with Crippen LogP contribution in [0.3, 0.4) is 0 Å². The Morgan fingerprint density at radius 1 is 1.29 bits per heavy atom. The fraction of sp³-hybridized carbons (Fsp3) is 0.667. The van der Waals surface area contributed by atoms with E-state index < -0.39 is 10.0 Å². The van der Waals surface area contributed by atoms with Gasteiger partial charge in [0.25, 0.3) is 0 Å². The molecule has 134 valence electrons. The van der Waals surface area contributed by atoms with Gasteiger partial charge in [-0.3, -0.25) is 0 Å². The lowest BCUT2D eigenvalue weighted by Crippen LogP contribution is -2.49. The fourth-order valence-electron chi connectivity index (χ4n) is 4.10. The number of piperidine rings is 1. The predicted molar refractivity (Wildman–Crippen MR) is 92.5 cm³/mol. The van der Waals surface area contributed by atoms with Crippen molar-refractivity contribution in [2.75, 3.05) is 33.4 Å². The van der Waals surface area contributed by atoms with E-state index in [9.17, 15) is 8.42 Å². The van der Waals surface area contributed by atoms with Crippen LogP contribution in [0.4, 0.5) is 0 Å². The zero-order valence-electron chi connectivity index (χ0n) is 14.5. The summed E-state index contributed by atoms with van der Waals surface area (Å²) in [5.41, 5.74) is 0.642. The van der Waals surface area contributed by atoms with Gasteiger partial charge in [0, 0.05) is 33.4 Å². The monoisotopic (exact) mass is 353 g/mol. The molecule has 0 bridgehead atoms. The molecular weight excluding hydrogens is 326 g/mol. The summed E-state index contributed by atoms with van der Waals surface area (Å²) in [5.74, 6) is 0.473. The first kappa shape index (κ1) is 17.9. The number of methoxy groups -OCH3 is 1. The highest BCUT2D eigenvalue weighted by Gasteiger charge is 2.47. The van der Waals surface area contributed by atoms with Crippen molar-refractivity contribution in [3.8, 4) is 0 Å². The van der Waals surface area contributed by atoms with Crippen LogP contribution < -0.4 is 0 Å². The molecule has 0 radical (unpaired) electrons. The van der Waals surface area contributed by atoms with Crippen LogP contribution in [-0.2, 0) is 19.5 Å². The lowest BCUT2D eigenvalue weighted by Gasteiger charge is -2.41. The Morgan fingerprint density at radius 3 is 2.67 bits per heavy atom. The maximum Gasteiger partial charge on any atom is 0.243 e. The number of nitrogens with zero attached hydrogens (tertiary/aromatic N) is 1. The number of hydrogen-bond acceptors (Lipinski definition) is 4. The van der Waals surface area contributed by atoms with E-state index in [2.05, 4.69) is 0 Å². The van der Waals surface area contributed by atoms with Crippen LogP contribution in [0.15, 0.2) is 29.2 Å². The fourth-order valence-corrected chi connectivity index (χ4v) is 5.76. The quantitative estimate of drug-likeness (QED) is 0.816. The van der Waals surface area contributed by atoms with Gasteiger partial charge >= 0.3 is 0 Å². The number of benzene rings is 1. The van der Waals surface area contributed by atoms with Gasteiger partial charge in [-0.1, -0.05) is 18.2 Å². The zero-order chi connectivity index (χ0) is 17.2. The van der Waals surface area contributed by atoms with E-state index in [4.69, 9.17) is 9.47 Å². The second kappa shape index (κ2) is 7.12. The van der Waals surface area contributed by atoms with Crippen LogP contribution >= 0.6 is 0 Å². The van der Waals surface area contributed by atoms with Crippen molar-refractivity contribution in [2.45, 2.75) is 43.1 Å². The first-order chi connectivity index (χ1) is 11.5. The third-order valence-corrected chi connectivity index (χ3v) is 7.61. The van der Waals surface area contributed by atoms with Crippen LogP contribution in [0.25, 0.3) is 0 Å². The molecule has 0 aromatic heterocycles. The number of rotatable bonds is 5. The maximum atomic E-state index is 12.9. The van der Waals surface area contributed by atoms with E-state index in [-0.39, 0.29) is 5.60 Å². The van der Waals surface area contributed by atoms with Gasteiger partial charge in [-0.05, 0) is 50.2 Å². The minimum Gasteiger partial charge on any atom is -0.385 e. The number of ether oxygens (including phenoxy) is 2. The molecule has 5 nitrogen and oxygen atoms in total. The van der Waals surface area contributed by atoms with Crippen molar-refractivity contribution in [1.82, 2.24) is 4.31 Å². The van der Waals surface area contributed by atoms with E-state index in [1.54, 1.807) is 23.5 Å². The second-order valence-corrected chi connectivity index (χ2v) is 8.76. The molecule has 0 saturated carbocycles. The minimum absolute atomic E-state index is 0.156. The Kier molecular flexibility index (Phi) is 5.30. The SMILES string of the molecule is COCCC1CCOC12CCN(S(=O)(=O)c1ccccc1C)CC2. The molecule has 3 rings (SSSR count). The average molecular weight is 353 g/mol. The summed E-state index contributed by atoms with van der Waals surface area (Å²) < 4.78 is 38.8. The molecule has 2 heterocycles. The van der Waals surface area contributed by atoms with Crippen LogP contribution in [0.5, 0.6) is 0 Å². The molecule has 1 aromatic carbocycles. The molecular formula is C18H27NO4S. The molecule has 1 spiro atoms. The van der Waals surface area contributed by atoms with E-state index in [0.29, 0.717) is 23.9 Å². The van der Waals surface area contributed by atoms with Gasteiger partial charge in [0.1, 0.15) is 0 Å². The normalized spacial score (nSPS) is 24.5. The summed E-state index contributed by atoms with van der Waals surface area (Å²) in [6.07, 6.45) is 3.58. The lowest BCUT2D eigenvalue weighted by atomic mass is 9.78. The van der Waals surface area contributed by atoms with E-state index >= 15 is 0 Å². The van der Waals surface area contributed by atoms with E-state index in [1.807, 2.05) is 19.1 Å². The summed E-state index contributed by atoms with van der Waals surface area (Å²) in [4.78, 5) is 0.421. The number of hydrogen-bond donors (Lipinski definition) is 0. The van der Waals surface area contributed by atoms with E-state index in [0.717, 1.165) is 44.5 Å². The van der Waals surface area contributed by atoms with Gasteiger partial charge in [-0.2, -0.15) is 4.31 Å². The van der Waals surface area contributed by atoms with Crippen LogP contribution in [0.2, 0.25) is 0 Å². The molecule has 6 heteroatoms. The predicted octanol–water partition coefficient (Wildman–Crippen LogP) is 2.59. The van der Waals surface area contributed by atoms with Crippen LogP contribution in [0.1, 0.15) is 31.2 Å². The largest absolute Gasteiger partial charge is 0.385 e. The van der Waals surface area contributed by atoms with Crippen molar-refractivity contribution < 1.29 is 17.9 Å². The van der Waals surface area contributed by atoms with Gasteiger partial charge in [0.2, 0.25) is 10.0 Å². The number of aryl methyl sites for hydroxylation is 1. The Morgan fingerprint density at radius 2 is 2.00 bits per heavy atom. The molecule has 1 aromatic rings. The van der Waals surface area contributed by atoms with Crippen molar-refractivity contribution in [2.24, 2.45) is 5.92 Å². The highest BCUT2D eigenvalue weighted by Crippen LogP contribution is 2.43. The van der Waals surface area contributed by atoms with E-state index in [1.165, 1.54) is 0 Å². The lowest BCUT2D eigenvalue weighted by molar-refractivity contribution is -0.0603. The summed E-state index contributed by atoms with van der Waals surface area (Å²) in [6.45, 7) is 4.42. The van der Waals surface area contributed by atoms with Crippen molar-refractivity contribution in [3.05, 3.63) is 29.8 Å². The van der Waals surface area contributed by atoms with Crippen molar-refractivity contribution in [1.29, 1.82) is 0 Å². The van der Waals surface area contributed by atoms with Crippen molar-refractivity contribution >= 4 is 10.0 Å². The topological polar surface area (TPSA) is 55.8 Å².